The number of rotatable bonds is 12. The lowest BCUT2D eigenvalue weighted by Crippen LogP contribution is -2.29. The van der Waals surface area contributed by atoms with Crippen molar-refractivity contribution in [3.63, 3.8) is 0 Å². The van der Waals surface area contributed by atoms with E-state index in [0.29, 0.717) is 41.8 Å². The molecule has 234 valence electrons. The Morgan fingerprint density at radius 1 is 1.13 bits per heavy atom. The molecule has 12 heteroatoms. The fourth-order valence-corrected chi connectivity index (χ4v) is 5.08. The second kappa shape index (κ2) is 14.1. The van der Waals surface area contributed by atoms with E-state index in [-0.39, 0.29) is 17.8 Å². The van der Waals surface area contributed by atoms with Crippen molar-refractivity contribution in [3.8, 4) is 16.9 Å². The third-order valence-corrected chi connectivity index (χ3v) is 7.40. The van der Waals surface area contributed by atoms with Crippen molar-refractivity contribution in [2.45, 2.75) is 12.5 Å². The van der Waals surface area contributed by atoms with Gasteiger partial charge in [0.15, 0.2) is 5.82 Å². The van der Waals surface area contributed by atoms with Gasteiger partial charge in [0.25, 0.3) is 0 Å². The largest absolute Gasteiger partial charge is 0.494 e. The molecule has 0 radical (unpaired) electrons. The van der Waals surface area contributed by atoms with Gasteiger partial charge in [-0.25, -0.2) is 19.4 Å². The highest BCUT2D eigenvalue weighted by molar-refractivity contribution is 6.02. The lowest BCUT2D eigenvalue weighted by atomic mass is 9.98. The molecule has 0 aliphatic carbocycles. The fraction of sp³-hybridized carbons (Fsp3) is 0.273. The van der Waals surface area contributed by atoms with Crippen LogP contribution in [-0.2, 0) is 9.63 Å². The molecule has 11 nitrogen and oxygen atoms in total. The molecule has 2 N–H and O–H groups in total. The molecule has 45 heavy (non-hydrogen) atoms. The minimum atomic E-state index is -0.342. The standard InChI is InChI=1S/C33H37FN8O3/c1-6-33(43)39-26-17-27(30(44-5)18-29(26)41(4)12-11-40(2)3)38-31-19-32(37-21-36-31)42-28(9-13-45-42)24-14-23(15-25(34)16-24)22-8-7-10-35-20-22/h6-8,10,14-21,28H,1,9,11-13H2,2-5H3,(H,39,43)(H,36,37,38)/t28-/m1/s1. The van der Waals surface area contributed by atoms with Crippen molar-refractivity contribution in [1.29, 1.82) is 0 Å². The lowest BCUT2D eigenvalue weighted by molar-refractivity contribution is -0.111. The van der Waals surface area contributed by atoms with Crippen LogP contribution in [-0.4, -0.2) is 73.7 Å². The monoisotopic (exact) mass is 612 g/mol. The first-order chi connectivity index (χ1) is 21.7. The van der Waals surface area contributed by atoms with E-state index in [1.165, 1.54) is 24.5 Å². The van der Waals surface area contributed by atoms with Gasteiger partial charge in [-0.3, -0.25) is 14.6 Å². The zero-order chi connectivity index (χ0) is 31.9. The maximum absolute atomic E-state index is 14.8. The van der Waals surface area contributed by atoms with Crippen molar-refractivity contribution in [2.75, 3.05) is 68.5 Å². The Morgan fingerprint density at radius 3 is 2.71 bits per heavy atom. The van der Waals surface area contributed by atoms with E-state index in [0.717, 1.165) is 35.5 Å². The van der Waals surface area contributed by atoms with Crippen LogP contribution in [0.4, 0.5) is 33.1 Å². The number of hydrogen-bond donors (Lipinski definition) is 2. The van der Waals surface area contributed by atoms with Crippen LogP contribution in [0, 0.1) is 5.82 Å². The molecule has 0 saturated carbocycles. The summed E-state index contributed by atoms with van der Waals surface area (Å²) in [5, 5.41) is 7.89. The van der Waals surface area contributed by atoms with E-state index >= 15 is 0 Å². The van der Waals surface area contributed by atoms with Gasteiger partial charge in [-0.15, -0.1) is 0 Å². The molecule has 0 unspecified atom stereocenters. The van der Waals surface area contributed by atoms with Gasteiger partial charge in [-0.2, -0.15) is 0 Å². The molecule has 0 spiro atoms. The van der Waals surface area contributed by atoms with Crippen LogP contribution in [0.2, 0.25) is 0 Å². The Labute approximate surface area is 262 Å². The van der Waals surface area contributed by atoms with Gasteiger partial charge in [-0.05, 0) is 61.6 Å². The molecule has 2 aromatic carbocycles. The number of methoxy groups -OCH3 is 1. The Hall–Kier alpha value is -5.07. The highest BCUT2D eigenvalue weighted by Gasteiger charge is 2.30. The van der Waals surface area contributed by atoms with Gasteiger partial charge < -0.3 is 25.2 Å². The van der Waals surface area contributed by atoms with E-state index in [4.69, 9.17) is 9.57 Å². The van der Waals surface area contributed by atoms with Crippen LogP contribution in [0.1, 0.15) is 18.0 Å². The molecule has 1 aliphatic rings. The first-order valence-electron chi connectivity index (χ1n) is 14.5. The van der Waals surface area contributed by atoms with E-state index in [9.17, 15) is 9.18 Å². The van der Waals surface area contributed by atoms with Crippen LogP contribution in [0.15, 0.2) is 79.9 Å². The van der Waals surface area contributed by atoms with E-state index in [2.05, 4.69) is 37.1 Å². The molecule has 3 heterocycles. The molecule has 1 fully saturated rings. The number of nitrogens with zero attached hydrogens (tertiary/aromatic N) is 6. The number of nitrogens with one attached hydrogen (secondary N) is 2. The molecule has 1 atom stereocenters. The Kier molecular flexibility index (Phi) is 9.86. The number of hydrogen-bond acceptors (Lipinski definition) is 10. The van der Waals surface area contributed by atoms with Crippen molar-refractivity contribution in [1.82, 2.24) is 19.9 Å². The van der Waals surface area contributed by atoms with Gasteiger partial charge in [0.2, 0.25) is 5.91 Å². The highest BCUT2D eigenvalue weighted by Crippen LogP contribution is 2.40. The summed E-state index contributed by atoms with van der Waals surface area (Å²) in [7, 11) is 7.55. The number of carbonyl (C=O) groups excluding carboxylic acids is 1. The number of carbonyl (C=O) groups is 1. The number of benzene rings is 2. The molecule has 1 aliphatic heterocycles. The minimum absolute atomic E-state index is 0.272. The average molecular weight is 613 g/mol. The van der Waals surface area contributed by atoms with Gasteiger partial charge in [0.05, 0.1) is 36.8 Å². The number of hydroxylamine groups is 1. The number of ether oxygens (including phenoxy) is 1. The second-order valence-electron chi connectivity index (χ2n) is 10.9. The summed E-state index contributed by atoms with van der Waals surface area (Å²) >= 11 is 0. The van der Waals surface area contributed by atoms with Crippen molar-refractivity contribution in [3.05, 3.63) is 91.3 Å². The van der Waals surface area contributed by atoms with Gasteiger partial charge in [0, 0.05) is 56.6 Å². The average Bonchev–Trinajstić information content (AvgIpc) is 3.54. The summed E-state index contributed by atoms with van der Waals surface area (Å²) in [4.78, 5) is 35.5. The molecule has 4 aromatic rings. The smallest absolute Gasteiger partial charge is 0.247 e. The van der Waals surface area contributed by atoms with Crippen LogP contribution in [0.25, 0.3) is 11.1 Å². The van der Waals surface area contributed by atoms with Crippen molar-refractivity contribution < 1.29 is 18.8 Å². The SMILES string of the molecule is C=CC(=O)Nc1cc(Nc2cc(N3OCC[C@@H]3c3cc(F)cc(-c4cccnc4)c3)ncn2)c(OC)cc1N(C)CCN(C)C. The van der Waals surface area contributed by atoms with Crippen LogP contribution < -0.4 is 25.3 Å². The fourth-order valence-electron chi connectivity index (χ4n) is 5.08. The molecule has 1 amide bonds. The van der Waals surface area contributed by atoms with Gasteiger partial charge >= 0.3 is 0 Å². The summed E-state index contributed by atoms with van der Waals surface area (Å²) in [5.41, 5.74) is 4.26. The van der Waals surface area contributed by atoms with E-state index in [1.54, 1.807) is 36.7 Å². The predicted octanol–water partition coefficient (Wildman–Crippen LogP) is 5.44. The minimum Gasteiger partial charge on any atom is -0.494 e. The summed E-state index contributed by atoms with van der Waals surface area (Å²) in [6.45, 7) is 5.57. The Morgan fingerprint density at radius 2 is 1.98 bits per heavy atom. The third kappa shape index (κ3) is 7.54. The molecule has 2 aromatic heterocycles. The summed E-state index contributed by atoms with van der Waals surface area (Å²) in [5.74, 6) is 0.847. The van der Waals surface area contributed by atoms with Gasteiger partial charge in [-0.1, -0.05) is 12.6 Å². The molecule has 1 saturated heterocycles. The molecular weight excluding hydrogens is 575 g/mol. The second-order valence-corrected chi connectivity index (χ2v) is 10.9. The number of pyridine rings is 1. The maximum atomic E-state index is 14.8. The third-order valence-electron chi connectivity index (χ3n) is 7.40. The summed E-state index contributed by atoms with van der Waals surface area (Å²) in [6, 6.07) is 13.8. The number of amides is 1. The topological polar surface area (TPSA) is 108 Å². The number of aromatic nitrogens is 3. The van der Waals surface area contributed by atoms with E-state index in [1.807, 2.05) is 50.3 Å². The molecule has 5 rings (SSSR count). The Balaban J connectivity index is 1.43. The molecular formula is C33H37FN8O3. The van der Waals surface area contributed by atoms with Crippen LogP contribution >= 0.6 is 0 Å². The highest BCUT2D eigenvalue weighted by atomic mass is 19.1. The van der Waals surface area contributed by atoms with Crippen molar-refractivity contribution in [2.24, 2.45) is 0 Å². The maximum Gasteiger partial charge on any atom is 0.247 e. The first-order valence-corrected chi connectivity index (χ1v) is 14.5. The van der Waals surface area contributed by atoms with Crippen LogP contribution in [0.5, 0.6) is 5.75 Å². The van der Waals surface area contributed by atoms with Crippen LogP contribution in [0.3, 0.4) is 0 Å². The zero-order valence-corrected chi connectivity index (χ0v) is 25.8. The molecule has 0 bridgehead atoms. The first kappa shape index (κ1) is 31.4. The summed E-state index contributed by atoms with van der Waals surface area (Å²) < 4.78 is 20.5. The number of likely N-dealkylation sites (N-methyl/N-ethyl adjacent to an activating group) is 2. The normalized spacial score (nSPS) is 14.4. The number of halogens is 1. The van der Waals surface area contributed by atoms with Crippen molar-refractivity contribution >= 4 is 34.6 Å². The zero-order valence-electron chi connectivity index (χ0n) is 25.8. The summed E-state index contributed by atoms with van der Waals surface area (Å²) in [6.07, 6.45) is 6.69. The van der Waals surface area contributed by atoms with Gasteiger partial charge in [0.1, 0.15) is 23.7 Å². The lowest BCUT2D eigenvalue weighted by Gasteiger charge is -2.26. The number of anilines is 5. The van der Waals surface area contributed by atoms with E-state index < -0.39 is 0 Å². The quantitative estimate of drug-likeness (QED) is 0.201. The Bertz CT molecular complexity index is 1650. The predicted molar refractivity (Wildman–Crippen MR) is 174 cm³/mol.